The molecule has 0 saturated carbocycles. The van der Waals surface area contributed by atoms with E-state index < -0.39 is 0 Å². The molecular formula is C10H9N2+. The Morgan fingerprint density at radius 1 is 1.33 bits per heavy atom. The molecule has 0 bridgehead atoms. The maximum absolute atomic E-state index is 7.62. The molecule has 1 aliphatic rings. The first-order chi connectivity index (χ1) is 5.79. The van der Waals surface area contributed by atoms with Crippen molar-refractivity contribution in [2.75, 3.05) is 5.73 Å². The van der Waals surface area contributed by atoms with Gasteiger partial charge in [0.05, 0.1) is 5.69 Å². The molecule has 0 saturated heterocycles. The van der Waals surface area contributed by atoms with Crippen LogP contribution in [-0.4, -0.2) is 5.71 Å². The molecule has 1 aliphatic carbocycles. The van der Waals surface area contributed by atoms with E-state index in [9.17, 15) is 0 Å². The van der Waals surface area contributed by atoms with Crippen molar-refractivity contribution in [1.29, 1.82) is 5.41 Å². The fourth-order valence-electron chi connectivity index (χ4n) is 1.37. The number of nitrogens with two attached hydrogens (primary N) is 1. The number of fused-ring (bicyclic) bond motifs is 1. The summed E-state index contributed by atoms with van der Waals surface area (Å²) in [5.74, 6) is 0. The van der Waals surface area contributed by atoms with Gasteiger partial charge in [0, 0.05) is 24.6 Å². The quantitative estimate of drug-likeness (QED) is 0.437. The predicted molar refractivity (Wildman–Crippen MR) is 50.2 cm³/mol. The van der Waals surface area contributed by atoms with E-state index in [2.05, 4.69) is 0 Å². The second-order valence-electron chi connectivity index (χ2n) is 2.75. The zero-order chi connectivity index (χ0) is 8.55. The van der Waals surface area contributed by atoms with Gasteiger partial charge in [-0.2, -0.15) is 0 Å². The summed E-state index contributed by atoms with van der Waals surface area (Å²) in [4.78, 5) is 0. The van der Waals surface area contributed by atoms with Crippen LogP contribution in [-0.2, 0) is 0 Å². The second-order valence-corrected chi connectivity index (χ2v) is 2.75. The van der Waals surface area contributed by atoms with Gasteiger partial charge in [0.2, 0.25) is 0 Å². The van der Waals surface area contributed by atoms with Gasteiger partial charge in [0.1, 0.15) is 16.8 Å². The summed E-state index contributed by atoms with van der Waals surface area (Å²) in [6.07, 6.45) is 5.58. The first-order valence-corrected chi connectivity index (χ1v) is 3.78. The highest BCUT2D eigenvalue weighted by Gasteiger charge is 2.19. The number of hydrogen-bond acceptors (Lipinski definition) is 2. The van der Waals surface area contributed by atoms with Crippen molar-refractivity contribution in [3.63, 3.8) is 0 Å². The summed E-state index contributed by atoms with van der Waals surface area (Å²) in [6, 6.07) is 5.68. The lowest BCUT2D eigenvalue weighted by Crippen LogP contribution is -2.07. The number of nitrogen functional groups attached to an aromatic ring is 1. The highest BCUT2D eigenvalue weighted by molar-refractivity contribution is 6.12. The lowest BCUT2D eigenvalue weighted by atomic mass is 9.94. The van der Waals surface area contributed by atoms with E-state index in [4.69, 9.17) is 11.1 Å². The molecule has 0 fully saturated rings. The predicted octanol–water partition coefficient (Wildman–Crippen LogP) is 1.76. The summed E-state index contributed by atoms with van der Waals surface area (Å²) in [5, 5.41) is 7.62. The van der Waals surface area contributed by atoms with Gasteiger partial charge in [0.25, 0.3) is 0 Å². The molecule has 2 rings (SSSR count). The van der Waals surface area contributed by atoms with Gasteiger partial charge < -0.3 is 5.73 Å². The Kier molecular flexibility index (Phi) is 1.40. The van der Waals surface area contributed by atoms with Crippen LogP contribution in [0.15, 0.2) is 30.4 Å². The molecule has 0 aliphatic heterocycles. The molecule has 0 unspecified atom stereocenters. The number of nitrogens with one attached hydrogen (secondary N) is 1. The van der Waals surface area contributed by atoms with Crippen LogP contribution in [0.1, 0.15) is 11.1 Å². The maximum Gasteiger partial charge on any atom is 0.148 e. The fourth-order valence-corrected chi connectivity index (χ4v) is 1.37. The Morgan fingerprint density at radius 3 is 2.92 bits per heavy atom. The first-order valence-electron chi connectivity index (χ1n) is 3.78. The Labute approximate surface area is 71.2 Å². The number of rotatable bonds is 0. The highest BCUT2D eigenvalue weighted by atomic mass is 14.6. The van der Waals surface area contributed by atoms with E-state index in [1.54, 1.807) is 6.08 Å². The largest absolute Gasteiger partial charge is 0.390 e. The molecule has 0 amide bonds. The van der Waals surface area contributed by atoms with E-state index in [0.717, 1.165) is 11.1 Å². The van der Waals surface area contributed by atoms with Crippen LogP contribution in [0.4, 0.5) is 5.69 Å². The molecule has 0 radical (unpaired) electrons. The minimum Gasteiger partial charge on any atom is -0.390 e. The lowest BCUT2D eigenvalue weighted by Gasteiger charge is -2.05. The van der Waals surface area contributed by atoms with Crippen LogP contribution in [0.5, 0.6) is 0 Å². The molecule has 2 heteroatoms. The van der Waals surface area contributed by atoms with Crippen LogP contribution < -0.4 is 5.73 Å². The molecule has 2 nitrogen and oxygen atoms in total. The van der Waals surface area contributed by atoms with Crippen molar-refractivity contribution in [2.24, 2.45) is 0 Å². The SMILES string of the molecule is N=C1C=C[CH+]c2cccc(N)c21. The topological polar surface area (TPSA) is 49.9 Å². The van der Waals surface area contributed by atoms with Crippen molar-refractivity contribution in [2.45, 2.75) is 0 Å². The fraction of sp³-hybridized carbons (Fsp3) is 0. The molecule has 1 aromatic carbocycles. The van der Waals surface area contributed by atoms with E-state index in [1.165, 1.54) is 0 Å². The van der Waals surface area contributed by atoms with E-state index in [-0.39, 0.29) is 0 Å². The van der Waals surface area contributed by atoms with Crippen molar-refractivity contribution >= 4 is 11.4 Å². The molecule has 58 valence electrons. The number of benzene rings is 1. The van der Waals surface area contributed by atoms with Crippen LogP contribution in [0.3, 0.4) is 0 Å². The number of anilines is 1. The summed E-state index contributed by atoms with van der Waals surface area (Å²) in [6.45, 7) is 0. The van der Waals surface area contributed by atoms with E-state index in [1.807, 2.05) is 30.7 Å². The Morgan fingerprint density at radius 2 is 2.17 bits per heavy atom. The highest BCUT2D eigenvalue weighted by Crippen LogP contribution is 2.23. The Bertz CT molecular complexity index is 364. The summed E-state index contributed by atoms with van der Waals surface area (Å²) >= 11 is 0. The van der Waals surface area contributed by atoms with Gasteiger partial charge in [-0.3, -0.25) is 5.41 Å². The summed E-state index contributed by atoms with van der Waals surface area (Å²) in [5.41, 5.74) is 8.78. The third kappa shape index (κ3) is 0.889. The molecule has 1 aromatic rings. The monoisotopic (exact) mass is 157 g/mol. The Balaban J connectivity index is 2.66. The minimum atomic E-state index is 0.491. The zero-order valence-corrected chi connectivity index (χ0v) is 6.54. The number of hydrogen-bond donors (Lipinski definition) is 2. The van der Waals surface area contributed by atoms with Crippen LogP contribution >= 0.6 is 0 Å². The van der Waals surface area contributed by atoms with Gasteiger partial charge in [-0.05, 0) is 12.1 Å². The normalized spacial score (nSPS) is 13.8. The minimum absolute atomic E-state index is 0.491. The third-order valence-electron chi connectivity index (χ3n) is 1.94. The van der Waals surface area contributed by atoms with Crippen molar-refractivity contribution in [3.8, 4) is 0 Å². The third-order valence-corrected chi connectivity index (χ3v) is 1.94. The van der Waals surface area contributed by atoms with Crippen molar-refractivity contribution in [1.82, 2.24) is 0 Å². The molecule has 3 N–H and O–H groups in total. The average Bonchev–Trinajstić information content (AvgIpc) is 2.04. The van der Waals surface area contributed by atoms with E-state index in [0.29, 0.717) is 11.4 Å². The van der Waals surface area contributed by atoms with Gasteiger partial charge in [-0.1, -0.05) is 0 Å². The maximum atomic E-state index is 7.62. The molecule has 0 spiro atoms. The van der Waals surface area contributed by atoms with Gasteiger partial charge >= 0.3 is 0 Å². The van der Waals surface area contributed by atoms with E-state index >= 15 is 0 Å². The molecule has 0 heterocycles. The van der Waals surface area contributed by atoms with Gasteiger partial charge in [0.15, 0.2) is 0 Å². The molecule has 12 heavy (non-hydrogen) atoms. The summed E-state index contributed by atoms with van der Waals surface area (Å²) < 4.78 is 0. The first kappa shape index (κ1) is 6.98. The summed E-state index contributed by atoms with van der Waals surface area (Å²) in [7, 11) is 0. The van der Waals surface area contributed by atoms with Crippen molar-refractivity contribution in [3.05, 3.63) is 47.9 Å². The van der Waals surface area contributed by atoms with Gasteiger partial charge in [-0.25, -0.2) is 0 Å². The van der Waals surface area contributed by atoms with Crippen LogP contribution in [0.2, 0.25) is 0 Å². The molecule has 0 atom stereocenters. The van der Waals surface area contributed by atoms with Gasteiger partial charge in [-0.15, -0.1) is 0 Å². The Hall–Kier alpha value is -1.70. The lowest BCUT2D eigenvalue weighted by molar-refractivity contribution is 1.41. The standard InChI is InChI=1S/C10H9N2/c11-8-5-1-3-7-4-2-6-9(12)10(7)8/h1-6,11H,12H2/q+1. The van der Waals surface area contributed by atoms with Crippen LogP contribution in [0, 0.1) is 11.8 Å². The zero-order valence-electron chi connectivity index (χ0n) is 6.54. The average molecular weight is 157 g/mol. The van der Waals surface area contributed by atoms with Crippen molar-refractivity contribution < 1.29 is 0 Å². The molecular weight excluding hydrogens is 148 g/mol. The van der Waals surface area contributed by atoms with Crippen LogP contribution in [0.25, 0.3) is 0 Å². The smallest absolute Gasteiger partial charge is 0.148 e. The number of allylic oxidation sites excluding steroid dienone is 2. The second kappa shape index (κ2) is 2.41. The molecule has 0 aromatic heterocycles.